The number of aromatic nitrogens is 2. The second-order valence-electron chi connectivity index (χ2n) is 5.43. The van der Waals surface area contributed by atoms with E-state index in [2.05, 4.69) is 48.8 Å². The lowest BCUT2D eigenvalue weighted by atomic mass is 9.92. The Labute approximate surface area is 112 Å². The summed E-state index contributed by atoms with van der Waals surface area (Å²) >= 11 is 1.69. The lowest BCUT2D eigenvalue weighted by Crippen LogP contribution is -2.15. The SMILES string of the molecule is CNc1cc(C(C)(C)C)nc(-c2cscc2C)n1. The van der Waals surface area contributed by atoms with Crippen LogP contribution in [-0.2, 0) is 5.41 Å². The molecule has 2 aromatic heterocycles. The van der Waals surface area contributed by atoms with Gasteiger partial charge in [0.25, 0.3) is 0 Å². The normalized spacial score (nSPS) is 11.6. The zero-order valence-electron chi connectivity index (χ0n) is 11.5. The fourth-order valence-electron chi connectivity index (χ4n) is 1.67. The van der Waals surface area contributed by atoms with Gasteiger partial charge in [-0.1, -0.05) is 20.8 Å². The maximum absolute atomic E-state index is 4.71. The molecule has 18 heavy (non-hydrogen) atoms. The minimum atomic E-state index is 0.0210. The summed E-state index contributed by atoms with van der Waals surface area (Å²) in [6.07, 6.45) is 0. The number of rotatable bonds is 2. The zero-order valence-corrected chi connectivity index (χ0v) is 12.4. The number of nitrogens with one attached hydrogen (secondary N) is 1. The van der Waals surface area contributed by atoms with Crippen molar-refractivity contribution in [2.45, 2.75) is 33.1 Å². The highest BCUT2D eigenvalue weighted by Crippen LogP contribution is 2.28. The lowest BCUT2D eigenvalue weighted by Gasteiger charge is -2.19. The van der Waals surface area contributed by atoms with E-state index >= 15 is 0 Å². The van der Waals surface area contributed by atoms with Crippen LogP contribution in [0.1, 0.15) is 32.0 Å². The van der Waals surface area contributed by atoms with E-state index in [4.69, 9.17) is 4.98 Å². The van der Waals surface area contributed by atoms with E-state index in [9.17, 15) is 0 Å². The summed E-state index contributed by atoms with van der Waals surface area (Å²) in [5, 5.41) is 7.35. The molecule has 2 heterocycles. The highest BCUT2D eigenvalue weighted by atomic mass is 32.1. The molecule has 0 aromatic carbocycles. The summed E-state index contributed by atoms with van der Waals surface area (Å²) < 4.78 is 0. The Hall–Kier alpha value is -1.42. The molecule has 4 heteroatoms. The van der Waals surface area contributed by atoms with Gasteiger partial charge in [0.15, 0.2) is 5.82 Å². The molecule has 2 rings (SSSR count). The second kappa shape index (κ2) is 4.69. The fraction of sp³-hybridized carbons (Fsp3) is 0.429. The molecular formula is C14H19N3S. The number of thiophene rings is 1. The Morgan fingerprint density at radius 3 is 2.39 bits per heavy atom. The average Bonchev–Trinajstić information content (AvgIpc) is 2.73. The highest BCUT2D eigenvalue weighted by molar-refractivity contribution is 7.08. The molecule has 2 aromatic rings. The quantitative estimate of drug-likeness (QED) is 0.892. The first-order valence-corrected chi connectivity index (χ1v) is 6.96. The molecule has 0 saturated heterocycles. The first-order chi connectivity index (χ1) is 8.41. The van der Waals surface area contributed by atoms with Gasteiger partial charge in [-0.25, -0.2) is 9.97 Å². The highest BCUT2D eigenvalue weighted by Gasteiger charge is 2.19. The van der Waals surface area contributed by atoms with Crippen LogP contribution in [0.15, 0.2) is 16.8 Å². The van der Waals surface area contributed by atoms with Crippen molar-refractivity contribution in [1.29, 1.82) is 0 Å². The Bertz CT molecular complexity index is 552. The van der Waals surface area contributed by atoms with Crippen molar-refractivity contribution in [3.8, 4) is 11.4 Å². The van der Waals surface area contributed by atoms with E-state index in [1.54, 1.807) is 11.3 Å². The molecule has 0 unspecified atom stereocenters. The average molecular weight is 261 g/mol. The van der Waals surface area contributed by atoms with E-state index < -0.39 is 0 Å². The maximum atomic E-state index is 4.71. The van der Waals surface area contributed by atoms with Crippen LogP contribution in [0, 0.1) is 6.92 Å². The summed E-state index contributed by atoms with van der Waals surface area (Å²) in [5.74, 6) is 1.68. The first-order valence-electron chi connectivity index (χ1n) is 6.02. The van der Waals surface area contributed by atoms with Gasteiger partial charge in [0.1, 0.15) is 5.82 Å². The van der Waals surface area contributed by atoms with Gasteiger partial charge in [-0.15, -0.1) is 0 Å². The van der Waals surface area contributed by atoms with Crippen LogP contribution in [0.2, 0.25) is 0 Å². The number of aryl methyl sites for hydroxylation is 1. The fourth-order valence-corrected chi connectivity index (χ4v) is 2.50. The Morgan fingerprint density at radius 1 is 1.17 bits per heavy atom. The van der Waals surface area contributed by atoms with Crippen molar-refractivity contribution >= 4 is 17.2 Å². The van der Waals surface area contributed by atoms with Gasteiger partial charge < -0.3 is 5.32 Å². The molecule has 0 bridgehead atoms. The molecule has 0 amide bonds. The summed E-state index contributed by atoms with van der Waals surface area (Å²) in [6, 6.07) is 2.02. The van der Waals surface area contributed by atoms with Gasteiger partial charge in [0.05, 0.1) is 5.69 Å². The molecule has 0 aliphatic heterocycles. The van der Waals surface area contributed by atoms with Crippen LogP contribution in [0.5, 0.6) is 0 Å². The number of hydrogen-bond donors (Lipinski definition) is 1. The molecule has 3 nitrogen and oxygen atoms in total. The Morgan fingerprint density at radius 2 is 1.89 bits per heavy atom. The number of nitrogens with zero attached hydrogens (tertiary/aromatic N) is 2. The molecule has 0 saturated carbocycles. The summed E-state index contributed by atoms with van der Waals surface area (Å²) in [6.45, 7) is 8.59. The van der Waals surface area contributed by atoms with E-state index in [-0.39, 0.29) is 5.41 Å². The van der Waals surface area contributed by atoms with Crippen molar-refractivity contribution in [1.82, 2.24) is 9.97 Å². The largest absolute Gasteiger partial charge is 0.373 e. The van der Waals surface area contributed by atoms with Crippen molar-refractivity contribution < 1.29 is 0 Å². The van der Waals surface area contributed by atoms with Gasteiger partial charge in [-0.3, -0.25) is 0 Å². The molecule has 0 fully saturated rings. The van der Waals surface area contributed by atoms with Crippen molar-refractivity contribution in [3.05, 3.63) is 28.1 Å². The number of hydrogen-bond acceptors (Lipinski definition) is 4. The first kappa shape index (κ1) is 13.0. The molecule has 0 atom stereocenters. The van der Waals surface area contributed by atoms with Crippen LogP contribution < -0.4 is 5.32 Å². The van der Waals surface area contributed by atoms with Crippen LogP contribution in [0.25, 0.3) is 11.4 Å². The van der Waals surface area contributed by atoms with Crippen molar-refractivity contribution in [2.24, 2.45) is 0 Å². The third-order valence-electron chi connectivity index (χ3n) is 2.85. The van der Waals surface area contributed by atoms with Gasteiger partial charge in [-0.05, 0) is 17.9 Å². The minimum Gasteiger partial charge on any atom is -0.373 e. The van der Waals surface area contributed by atoms with E-state index in [0.29, 0.717) is 0 Å². The smallest absolute Gasteiger partial charge is 0.162 e. The summed E-state index contributed by atoms with van der Waals surface area (Å²) in [4.78, 5) is 9.26. The van der Waals surface area contributed by atoms with E-state index in [1.165, 1.54) is 5.56 Å². The third kappa shape index (κ3) is 2.53. The van der Waals surface area contributed by atoms with Gasteiger partial charge >= 0.3 is 0 Å². The lowest BCUT2D eigenvalue weighted by molar-refractivity contribution is 0.568. The standard InChI is InChI=1S/C14H19N3S/c1-9-7-18-8-10(9)13-16-11(14(2,3)4)6-12(15-5)17-13/h6-8H,1-5H3,(H,15,16,17). The van der Waals surface area contributed by atoms with Gasteiger partial charge in [-0.2, -0.15) is 11.3 Å². The predicted molar refractivity (Wildman–Crippen MR) is 78.3 cm³/mol. The molecule has 1 N–H and O–H groups in total. The third-order valence-corrected chi connectivity index (χ3v) is 3.71. The number of anilines is 1. The Balaban J connectivity index is 2.58. The topological polar surface area (TPSA) is 37.8 Å². The van der Waals surface area contributed by atoms with E-state index in [0.717, 1.165) is 22.9 Å². The minimum absolute atomic E-state index is 0.0210. The summed E-state index contributed by atoms with van der Waals surface area (Å²) in [7, 11) is 1.89. The van der Waals surface area contributed by atoms with Crippen molar-refractivity contribution in [3.63, 3.8) is 0 Å². The predicted octanol–water partition coefficient (Wildman–Crippen LogP) is 3.85. The maximum Gasteiger partial charge on any atom is 0.162 e. The molecule has 0 aliphatic rings. The zero-order chi connectivity index (χ0) is 13.3. The van der Waals surface area contributed by atoms with Crippen LogP contribution >= 0.6 is 11.3 Å². The second-order valence-corrected chi connectivity index (χ2v) is 6.17. The van der Waals surface area contributed by atoms with Crippen LogP contribution in [-0.4, -0.2) is 17.0 Å². The molecular weight excluding hydrogens is 242 g/mol. The van der Waals surface area contributed by atoms with Gasteiger partial charge in [0.2, 0.25) is 0 Å². The van der Waals surface area contributed by atoms with E-state index in [1.807, 2.05) is 13.1 Å². The molecule has 0 aliphatic carbocycles. The molecule has 96 valence electrons. The molecule has 0 spiro atoms. The van der Waals surface area contributed by atoms with Gasteiger partial charge in [0, 0.05) is 29.5 Å². The van der Waals surface area contributed by atoms with Crippen LogP contribution in [0.4, 0.5) is 5.82 Å². The van der Waals surface area contributed by atoms with Crippen LogP contribution in [0.3, 0.4) is 0 Å². The monoisotopic (exact) mass is 261 g/mol. The molecule has 0 radical (unpaired) electrons. The summed E-state index contributed by atoms with van der Waals surface area (Å²) in [5.41, 5.74) is 3.44. The van der Waals surface area contributed by atoms with Crippen molar-refractivity contribution in [2.75, 3.05) is 12.4 Å². The Kier molecular flexibility index (Phi) is 3.39.